The Hall–Kier alpha value is -3.72. The summed E-state index contributed by atoms with van der Waals surface area (Å²) in [4.78, 5) is 45.8. The van der Waals surface area contributed by atoms with Gasteiger partial charge in [0.1, 0.15) is 6.04 Å². The Bertz CT molecular complexity index is 1310. The number of guanidine groups is 1. The summed E-state index contributed by atoms with van der Waals surface area (Å²) in [6.07, 6.45) is 5.10. The molecule has 3 N–H and O–H groups in total. The zero-order chi connectivity index (χ0) is 29.8. The molecular weight excluding hydrogens is 530 g/mol. The molecule has 9 heteroatoms. The second-order valence-electron chi connectivity index (χ2n) is 11.9. The van der Waals surface area contributed by atoms with Gasteiger partial charge in [-0.3, -0.25) is 19.8 Å². The first kappa shape index (κ1) is 29.8. The number of carbonyl (C=O) groups is 3. The smallest absolute Gasteiger partial charge is 0.223 e. The fraction of sp³-hybridized carbons (Fsp3) is 0.515. The number of ether oxygens (including phenoxy) is 1. The van der Waals surface area contributed by atoms with Gasteiger partial charge in [-0.25, -0.2) is 0 Å². The number of nitrogens with one attached hydrogen (secondary N) is 1. The van der Waals surface area contributed by atoms with E-state index in [1.165, 1.54) is 6.92 Å². The lowest BCUT2D eigenvalue weighted by molar-refractivity contribution is -0.141. The molecule has 2 saturated heterocycles. The van der Waals surface area contributed by atoms with Gasteiger partial charge in [-0.15, -0.1) is 0 Å². The van der Waals surface area contributed by atoms with Gasteiger partial charge in [0.15, 0.2) is 17.5 Å². The second-order valence-corrected chi connectivity index (χ2v) is 11.9. The molecule has 0 aliphatic carbocycles. The SMILES string of the molecule is COC1CCN(c2cccc3c2CCN(C(=O)CC2CCN(C(=N)N)CC2)C3C(=O)Cc2ccc(C(C)=O)cc2)CC1. The Morgan fingerprint density at radius 3 is 2.26 bits per heavy atom. The lowest BCUT2D eigenvalue weighted by atomic mass is 9.85. The molecule has 2 aromatic rings. The average molecular weight is 574 g/mol. The molecule has 0 saturated carbocycles. The Balaban J connectivity index is 1.40. The quantitative estimate of drug-likeness (QED) is 0.280. The van der Waals surface area contributed by atoms with Crippen molar-refractivity contribution in [2.24, 2.45) is 11.7 Å². The van der Waals surface area contributed by atoms with Crippen molar-refractivity contribution < 1.29 is 19.1 Å². The molecule has 0 bridgehead atoms. The maximum atomic E-state index is 14.1. The first-order chi connectivity index (χ1) is 20.2. The van der Waals surface area contributed by atoms with Crippen LogP contribution in [0, 0.1) is 11.3 Å². The van der Waals surface area contributed by atoms with E-state index in [9.17, 15) is 14.4 Å². The normalized spacial score (nSPS) is 19.9. The number of ketones is 2. The number of hydrogen-bond acceptors (Lipinski definition) is 6. The van der Waals surface area contributed by atoms with Gasteiger partial charge < -0.3 is 25.2 Å². The van der Waals surface area contributed by atoms with Gasteiger partial charge >= 0.3 is 0 Å². The van der Waals surface area contributed by atoms with E-state index in [0.29, 0.717) is 38.0 Å². The minimum atomic E-state index is -0.650. The molecule has 5 rings (SSSR count). The maximum absolute atomic E-state index is 14.1. The highest BCUT2D eigenvalue weighted by molar-refractivity contribution is 5.95. The van der Waals surface area contributed by atoms with Crippen molar-refractivity contribution in [3.8, 4) is 0 Å². The Morgan fingerprint density at radius 2 is 1.64 bits per heavy atom. The summed E-state index contributed by atoms with van der Waals surface area (Å²) >= 11 is 0. The fourth-order valence-electron chi connectivity index (χ4n) is 6.79. The van der Waals surface area contributed by atoms with Crippen LogP contribution in [0.2, 0.25) is 0 Å². The van der Waals surface area contributed by atoms with Crippen LogP contribution in [0.4, 0.5) is 5.69 Å². The van der Waals surface area contributed by atoms with E-state index in [1.54, 1.807) is 19.2 Å². The Labute approximate surface area is 248 Å². The predicted molar refractivity (Wildman–Crippen MR) is 163 cm³/mol. The number of anilines is 1. The van der Waals surface area contributed by atoms with E-state index in [2.05, 4.69) is 11.0 Å². The lowest BCUT2D eigenvalue weighted by Gasteiger charge is -2.41. The third kappa shape index (κ3) is 6.51. The number of fused-ring (bicyclic) bond motifs is 1. The molecular formula is C33H43N5O4. The summed E-state index contributed by atoms with van der Waals surface area (Å²) in [5.41, 5.74) is 10.4. The highest BCUT2D eigenvalue weighted by Gasteiger charge is 2.38. The second kappa shape index (κ2) is 13.1. The summed E-state index contributed by atoms with van der Waals surface area (Å²) in [6, 6.07) is 12.7. The number of methoxy groups -OCH3 is 1. The molecule has 0 spiro atoms. The predicted octanol–water partition coefficient (Wildman–Crippen LogP) is 3.74. The number of amides is 1. The van der Waals surface area contributed by atoms with Crippen molar-refractivity contribution in [2.45, 2.75) is 64.0 Å². The number of nitrogens with two attached hydrogens (primary N) is 1. The summed E-state index contributed by atoms with van der Waals surface area (Å²) in [5, 5.41) is 7.70. The number of benzene rings is 2. The summed E-state index contributed by atoms with van der Waals surface area (Å²) in [7, 11) is 1.77. The van der Waals surface area contributed by atoms with E-state index in [0.717, 1.165) is 61.2 Å². The molecule has 1 amide bonds. The van der Waals surface area contributed by atoms with Crippen molar-refractivity contribution in [1.82, 2.24) is 9.80 Å². The number of nitrogens with zero attached hydrogens (tertiary/aromatic N) is 3. The monoisotopic (exact) mass is 573 g/mol. The maximum Gasteiger partial charge on any atom is 0.223 e. The van der Waals surface area contributed by atoms with E-state index in [4.69, 9.17) is 15.9 Å². The van der Waals surface area contributed by atoms with Crippen LogP contribution in [0.1, 0.15) is 72.1 Å². The summed E-state index contributed by atoms with van der Waals surface area (Å²) < 4.78 is 5.58. The molecule has 0 aromatic heterocycles. The van der Waals surface area contributed by atoms with Crippen molar-refractivity contribution in [3.05, 3.63) is 64.7 Å². The van der Waals surface area contributed by atoms with Crippen LogP contribution in [-0.4, -0.2) is 79.2 Å². The van der Waals surface area contributed by atoms with Crippen molar-refractivity contribution in [2.75, 3.05) is 44.7 Å². The van der Waals surface area contributed by atoms with Gasteiger partial charge in [0.05, 0.1) is 6.10 Å². The van der Waals surface area contributed by atoms with E-state index in [1.807, 2.05) is 34.1 Å². The Morgan fingerprint density at radius 1 is 0.952 bits per heavy atom. The van der Waals surface area contributed by atoms with Crippen LogP contribution in [-0.2, 0) is 27.2 Å². The summed E-state index contributed by atoms with van der Waals surface area (Å²) in [5.74, 6) is 0.275. The van der Waals surface area contributed by atoms with Crippen LogP contribution in [0.25, 0.3) is 0 Å². The number of piperidine rings is 2. The molecule has 224 valence electrons. The molecule has 3 aliphatic rings. The standard InChI is InChI=1S/C33H43N5O4/c1-22(39)25-8-6-23(7-9-25)20-30(40)32-28-4-3-5-29(36-17-12-26(42-2)13-18-36)27(28)14-19-38(32)31(41)21-24-10-15-37(16-11-24)33(34)35/h3-9,24,26,32H,10-21H2,1-2H3,(H3,34,35). The number of likely N-dealkylation sites (tertiary alicyclic amines) is 1. The molecule has 2 fully saturated rings. The van der Waals surface area contributed by atoms with Gasteiger partial charge in [0, 0.05) is 63.9 Å². The lowest BCUT2D eigenvalue weighted by Crippen LogP contribution is -2.46. The molecule has 1 atom stereocenters. The first-order valence-corrected chi connectivity index (χ1v) is 15.2. The third-order valence-corrected chi connectivity index (χ3v) is 9.30. The van der Waals surface area contributed by atoms with Gasteiger partial charge in [-0.2, -0.15) is 0 Å². The minimum absolute atomic E-state index is 0.0120. The number of carbonyl (C=O) groups excluding carboxylic acids is 3. The minimum Gasteiger partial charge on any atom is -0.381 e. The topological polar surface area (TPSA) is 120 Å². The highest BCUT2D eigenvalue weighted by atomic mass is 16.5. The van der Waals surface area contributed by atoms with Crippen LogP contribution >= 0.6 is 0 Å². The van der Waals surface area contributed by atoms with Crippen LogP contribution < -0.4 is 10.6 Å². The third-order valence-electron chi connectivity index (χ3n) is 9.30. The molecule has 1 unspecified atom stereocenters. The summed E-state index contributed by atoms with van der Waals surface area (Å²) in [6.45, 7) is 5.19. The fourth-order valence-corrected chi connectivity index (χ4v) is 6.79. The van der Waals surface area contributed by atoms with Gasteiger partial charge in [-0.05, 0) is 67.7 Å². The van der Waals surface area contributed by atoms with Crippen molar-refractivity contribution in [3.63, 3.8) is 0 Å². The van der Waals surface area contributed by atoms with Crippen LogP contribution in [0.3, 0.4) is 0 Å². The zero-order valence-electron chi connectivity index (χ0n) is 24.8. The molecule has 3 heterocycles. The molecule has 9 nitrogen and oxygen atoms in total. The Kier molecular flexibility index (Phi) is 9.26. The van der Waals surface area contributed by atoms with Gasteiger partial charge in [0.25, 0.3) is 0 Å². The van der Waals surface area contributed by atoms with E-state index < -0.39 is 6.04 Å². The molecule has 2 aromatic carbocycles. The zero-order valence-corrected chi connectivity index (χ0v) is 24.8. The van der Waals surface area contributed by atoms with Crippen molar-refractivity contribution in [1.29, 1.82) is 5.41 Å². The van der Waals surface area contributed by atoms with Gasteiger partial charge in [-0.1, -0.05) is 36.4 Å². The van der Waals surface area contributed by atoms with E-state index in [-0.39, 0.29) is 41.9 Å². The van der Waals surface area contributed by atoms with Crippen LogP contribution in [0.5, 0.6) is 0 Å². The van der Waals surface area contributed by atoms with Crippen molar-refractivity contribution >= 4 is 29.1 Å². The first-order valence-electron chi connectivity index (χ1n) is 15.2. The molecule has 42 heavy (non-hydrogen) atoms. The van der Waals surface area contributed by atoms with Gasteiger partial charge in [0.2, 0.25) is 5.91 Å². The average Bonchev–Trinajstić information content (AvgIpc) is 3.00. The number of hydrogen-bond donors (Lipinski definition) is 2. The van der Waals surface area contributed by atoms with E-state index >= 15 is 0 Å². The molecule has 3 aliphatic heterocycles. The number of rotatable bonds is 8. The highest BCUT2D eigenvalue weighted by Crippen LogP contribution is 2.38. The molecule has 0 radical (unpaired) electrons. The van der Waals surface area contributed by atoms with Crippen LogP contribution in [0.15, 0.2) is 42.5 Å². The largest absolute Gasteiger partial charge is 0.381 e. The number of Topliss-reactive ketones (excluding diaryl/α,β-unsaturated/α-hetero) is 2.